The van der Waals surface area contributed by atoms with E-state index in [9.17, 15) is 0 Å². The molecule has 2 aromatic rings. The molecule has 0 spiro atoms. The summed E-state index contributed by atoms with van der Waals surface area (Å²) in [6.07, 6.45) is 3.51. The van der Waals surface area contributed by atoms with Gasteiger partial charge in [0.05, 0.1) is 6.20 Å². The zero-order valence-electron chi connectivity index (χ0n) is 10.9. The van der Waals surface area contributed by atoms with Gasteiger partial charge in [-0.15, -0.1) is 11.6 Å². The maximum Gasteiger partial charge on any atom is 0.224 e. The van der Waals surface area contributed by atoms with E-state index in [0.29, 0.717) is 18.5 Å². The summed E-state index contributed by atoms with van der Waals surface area (Å²) in [5, 5.41) is 3.47. The quantitative estimate of drug-likeness (QED) is 0.693. The lowest BCUT2D eigenvalue weighted by Crippen LogP contribution is -2.22. The van der Waals surface area contributed by atoms with E-state index in [1.54, 1.807) is 6.20 Å². The standard InChI is InChI=1S/C12H15Cl2N5O/c13-3-4-15-12-17-9-7-16-11(14)18-10(9)19(12)8-1-5-20-6-2-8/h7-8H,1-6H2,(H,15,17). The zero-order valence-corrected chi connectivity index (χ0v) is 12.4. The summed E-state index contributed by atoms with van der Waals surface area (Å²) in [4.78, 5) is 12.8. The molecule has 3 rings (SSSR count). The second-order valence-electron chi connectivity index (χ2n) is 4.61. The van der Waals surface area contributed by atoms with E-state index in [1.165, 1.54) is 0 Å². The molecule has 8 heteroatoms. The van der Waals surface area contributed by atoms with E-state index in [2.05, 4.69) is 24.8 Å². The van der Waals surface area contributed by atoms with Gasteiger partial charge in [-0.1, -0.05) is 0 Å². The van der Waals surface area contributed by atoms with Gasteiger partial charge in [0.25, 0.3) is 0 Å². The van der Waals surface area contributed by atoms with Gasteiger partial charge in [0.2, 0.25) is 11.2 Å². The Morgan fingerprint density at radius 2 is 2.15 bits per heavy atom. The summed E-state index contributed by atoms with van der Waals surface area (Å²) in [7, 11) is 0. The Hall–Kier alpha value is -1.11. The van der Waals surface area contributed by atoms with Crippen molar-refractivity contribution in [3.63, 3.8) is 0 Å². The van der Waals surface area contributed by atoms with Gasteiger partial charge in [-0.25, -0.2) is 9.97 Å². The number of aromatic nitrogens is 4. The number of fused-ring (bicyclic) bond motifs is 1. The Morgan fingerprint density at radius 1 is 1.35 bits per heavy atom. The largest absolute Gasteiger partial charge is 0.381 e. The minimum atomic E-state index is 0.231. The normalized spacial score (nSPS) is 16.7. The summed E-state index contributed by atoms with van der Waals surface area (Å²) < 4.78 is 7.52. The van der Waals surface area contributed by atoms with E-state index in [0.717, 1.165) is 43.2 Å². The van der Waals surface area contributed by atoms with Crippen molar-refractivity contribution in [2.75, 3.05) is 31.0 Å². The molecule has 0 amide bonds. The second-order valence-corrected chi connectivity index (χ2v) is 5.33. The highest BCUT2D eigenvalue weighted by atomic mass is 35.5. The minimum Gasteiger partial charge on any atom is -0.381 e. The number of ether oxygens (including phenoxy) is 1. The van der Waals surface area contributed by atoms with Crippen LogP contribution in [0.3, 0.4) is 0 Å². The van der Waals surface area contributed by atoms with Crippen LogP contribution in [0.25, 0.3) is 11.2 Å². The number of rotatable bonds is 4. The molecule has 2 aromatic heterocycles. The molecule has 0 saturated carbocycles. The Balaban J connectivity index is 2.05. The highest BCUT2D eigenvalue weighted by Crippen LogP contribution is 2.29. The van der Waals surface area contributed by atoms with Crippen molar-refractivity contribution in [1.82, 2.24) is 19.5 Å². The molecule has 1 fully saturated rings. The fourth-order valence-electron chi connectivity index (χ4n) is 2.44. The van der Waals surface area contributed by atoms with Crippen molar-refractivity contribution in [3.8, 4) is 0 Å². The first-order chi connectivity index (χ1) is 9.79. The number of hydrogen-bond donors (Lipinski definition) is 1. The van der Waals surface area contributed by atoms with Crippen molar-refractivity contribution in [2.24, 2.45) is 0 Å². The summed E-state index contributed by atoms with van der Waals surface area (Å²) >= 11 is 11.7. The summed E-state index contributed by atoms with van der Waals surface area (Å²) in [6.45, 7) is 2.14. The molecule has 1 N–H and O–H groups in total. The molecular weight excluding hydrogens is 301 g/mol. The third-order valence-corrected chi connectivity index (χ3v) is 3.71. The molecule has 3 heterocycles. The molecular formula is C12H15Cl2N5O. The summed E-state index contributed by atoms with van der Waals surface area (Å²) in [5.41, 5.74) is 1.49. The first kappa shape index (κ1) is 13.9. The Bertz CT molecular complexity index is 597. The molecule has 0 unspecified atom stereocenters. The van der Waals surface area contributed by atoms with Crippen LogP contribution >= 0.6 is 23.2 Å². The molecule has 1 aliphatic rings. The molecule has 0 aromatic carbocycles. The van der Waals surface area contributed by atoms with Crippen molar-refractivity contribution < 1.29 is 4.74 Å². The van der Waals surface area contributed by atoms with E-state index in [-0.39, 0.29) is 5.28 Å². The number of hydrogen-bond acceptors (Lipinski definition) is 5. The third kappa shape index (κ3) is 2.68. The molecule has 108 valence electrons. The van der Waals surface area contributed by atoms with Gasteiger partial charge in [0.15, 0.2) is 5.65 Å². The highest BCUT2D eigenvalue weighted by molar-refractivity contribution is 6.28. The maximum atomic E-state index is 5.91. The van der Waals surface area contributed by atoms with Gasteiger partial charge in [-0.2, -0.15) is 4.98 Å². The summed E-state index contributed by atoms with van der Waals surface area (Å²) in [6, 6.07) is 0.303. The lowest BCUT2D eigenvalue weighted by molar-refractivity contribution is 0.0709. The van der Waals surface area contributed by atoms with Crippen LogP contribution in [0.15, 0.2) is 6.20 Å². The van der Waals surface area contributed by atoms with Crippen LogP contribution in [-0.2, 0) is 4.74 Å². The van der Waals surface area contributed by atoms with E-state index in [4.69, 9.17) is 27.9 Å². The number of imidazole rings is 1. The molecule has 0 bridgehead atoms. The zero-order chi connectivity index (χ0) is 13.9. The average Bonchev–Trinajstić information content (AvgIpc) is 2.83. The maximum absolute atomic E-state index is 5.91. The Labute approximate surface area is 126 Å². The second kappa shape index (κ2) is 6.11. The third-order valence-electron chi connectivity index (χ3n) is 3.34. The first-order valence-corrected chi connectivity index (χ1v) is 7.49. The smallest absolute Gasteiger partial charge is 0.224 e. The molecule has 6 nitrogen and oxygen atoms in total. The van der Waals surface area contributed by atoms with Gasteiger partial charge < -0.3 is 10.1 Å². The predicted octanol–water partition coefficient (Wildman–Crippen LogP) is 2.48. The van der Waals surface area contributed by atoms with Crippen LogP contribution in [0.2, 0.25) is 5.28 Å². The monoisotopic (exact) mass is 315 g/mol. The van der Waals surface area contributed by atoms with Crippen LogP contribution in [0.5, 0.6) is 0 Å². The fraction of sp³-hybridized carbons (Fsp3) is 0.583. The van der Waals surface area contributed by atoms with Gasteiger partial charge in [0, 0.05) is 31.7 Å². The van der Waals surface area contributed by atoms with E-state index < -0.39 is 0 Å². The van der Waals surface area contributed by atoms with Gasteiger partial charge in [-0.3, -0.25) is 4.57 Å². The Kier molecular flexibility index (Phi) is 4.24. The molecule has 0 atom stereocenters. The molecule has 1 saturated heterocycles. The molecule has 0 aliphatic carbocycles. The molecule has 0 radical (unpaired) electrons. The van der Waals surface area contributed by atoms with Crippen molar-refractivity contribution >= 4 is 40.3 Å². The van der Waals surface area contributed by atoms with Crippen LogP contribution in [0.4, 0.5) is 5.95 Å². The molecule has 1 aliphatic heterocycles. The number of nitrogens with one attached hydrogen (secondary N) is 1. The minimum absolute atomic E-state index is 0.231. The lowest BCUT2D eigenvalue weighted by atomic mass is 10.1. The molecule has 20 heavy (non-hydrogen) atoms. The average molecular weight is 316 g/mol. The summed E-state index contributed by atoms with van der Waals surface area (Å²) in [5.74, 6) is 1.28. The van der Waals surface area contributed by atoms with Crippen LogP contribution < -0.4 is 5.32 Å². The van der Waals surface area contributed by atoms with Crippen molar-refractivity contribution in [2.45, 2.75) is 18.9 Å². The van der Waals surface area contributed by atoms with E-state index in [1.807, 2.05) is 0 Å². The number of anilines is 1. The lowest BCUT2D eigenvalue weighted by Gasteiger charge is -2.25. The van der Waals surface area contributed by atoms with Gasteiger partial charge >= 0.3 is 0 Å². The SMILES string of the molecule is ClCCNc1nc2cnc(Cl)nc2n1C1CCOCC1. The van der Waals surface area contributed by atoms with Gasteiger partial charge in [-0.05, 0) is 24.4 Å². The Morgan fingerprint density at radius 3 is 2.90 bits per heavy atom. The van der Waals surface area contributed by atoms with Gasteiger partial charge in [0.1, 0.15) is 5.52 Å². The number of nitrogens with zero attached hydrogens (tertiary/aromatic N) is 4. The fourth-order valence-corrected chi connectivity index (χ4v) is 2.67. The van der Waals surface area contributed by atoms with E-state index >= 15 is 0 Å². The first-order valence-electron chi connectivity index (χ1n) is 6.57. The highest BCUT2D eigenvalue weighted by Gasteiger charge is 2.22. The topological polar surface area (TPSA) is 64.9 Å². The number of alkyl halides is 1. The predicted molar refractivity (Wildman–Crippen MR) is 78.6 cm³/mol. The van der Waals surface area contributed by atoms with Crippen LogP contribution in [0.1, 0.15) is 18.9 Å². The number of halogens is 2. The van der Waals surface area contributed by atoms with Crippen LogP contribution in [0, 0.1) is 0 Å². The van der Waals surface area contributed by atoms with Crippen LogP contribution in [-0.4, -0.2) is 45.2 Å². The van der Waals surface area contributed by atoms with Crippen molar-refractivity contribution in [3.05, 3.63) is 11.5 Å². The van der Waals surface area contributed by atoms with Crippen molar-refractivity contribution in [1.29, 1.82) is 0 Å².